The number of thiophene rings is 1. The van der Waals surface area contributed by atoms with Crippen molar-refractivity contribution in [2.45, 2.75) is 39.8 Å². The summed E-state index contributed by atoms with van der Waals surface area (Å²) < 4.78 is 0. The third-order valence-electron chi connectivity index (χ3n) is 1.67. The van der Waals surface area contributed by atoms with Gasteiger partial charge in [0.25, 0.3) is 0 Å². The highest BCUT2D eigenvalue weighted by molar-refractivity contribution is 7.10. The van der Waals surface area contributed by atoms with Crippen molar-refractivity contribution >= 4 is 22.9 Å². The summed E-state index contributed by atoms with van der Waals surface area (Å²) in [4.78, 5) is 17.4. The summed E-state index contributed by atoms with van der Waals surface area (Å²) in [5.74, 6) is -0.0589. The van der Waals surface area contributed by atoms with Gasteiger partial charge < -0.3 is 5.32 Å². The summed E-state index contributed by atoms with van der Waals surface area (Å²) in [7, 11) is 0. The van der Waals surface area contributed by atoms with E-state index in [1.165, 1.54) is 6.92 Å². The van der Waals surface area contributed by atoms with E-state index in [0.29, 0.717) is 6.54 Å². The normalized spacial score (nSPS) is 11.5. The fourth-order valence-corrected chi connectivity index (χ4v) is 1.85. The van der Waals surface area contributed by atoms with Crippen LogP contribution in [-0.4, -0.2) is 11.5 Å². The Labute approximate surface area is 100.0 Å². The molecule has 2 N–H and O–H groups in total. The van der Waals surface area contributed by atoms with E-state index in [9.17, 15) is 4.79 Å². The van der Waals surface area contributed by atoms with E-state index < -0.39 is 0 Å². The maximum atomic E-state index is 10.9. The van der Waals surface area contributed by atoms with Crippen LogP contribution in [0.3, 0.4) is 0 Å². The van der Waals surface area contributed by atoms with Crippen LogP contribution < -0.4 is 10.8 Å². The molecular formula is C11H18N2O2S. The van der Waals surface area contributed by atoms with Crippen molar-refractivity contribution < 1.29 is 9.63 Å². The summed E-state index contributed by atoms with van der Waals surface area (Å²) in [6, 6.07) is 1.89. The van der Waals surface area contributed by atoms with Gasteiger partial charge >= 0.3 is 0 Å². The first kappa shape index (κ1) is 13.2. The Morgan fingerprint density at radius 1 is 1.50 bits per heavy atom. The average Bonchev–Trinajstić information content (AvgIpc) is 2.49. The predicted octanol–water partition coefficient (Wildman–Crippen LogP) is 2.53. The van der Waals surface area contributed by atoms with Gasteiger partial charge in [-0.1, -0.05) is 0 Å². The van der Waals surface area contributed by atoms with Gasteiger partial charge in [0.05, 0.1) is 17.8 Å². The fourth-order valence-electron chi connectivity index (χ4n) is 1.10. The molecule has 0 aliphatic rings. The van der Waals surface area contributed by atoms with E-state index in [-0.39, 0.29) is 11.5 Å². The molecule has 0 saturated heterocycles. The van der Waals surface area contributed by atoms with Gasteiger partial charge in [-0.3, -0.25) is 9.63 Å². The van der Waals surface area contributed by atoms with E-state index >= 15 is 0 Å². The minimum Gasteiger partial charge on any atom is -0.325 e. The molecule has 16 heavy (non-hydrogen) atoms. The number of hydrogen-bond donors (Lipinski definition) is 2. The van der Waals surface area contributed by atoms with E-state index in [1.54, 1.807) is 11.3 Å². The molecule has 0 aliphatic heterocycles. The highest BCUT2D eigenvalue weighted by Crippen LogP contribution is 2.22. The Bertz CT molecular complexity index is 355. The first-order chi connectivity index (χ1) is 7.38. The number of nitrogens with one attached hydrogen (secondary N) is 2. The van der Waals surface area contributed by atoms with Gasteiger partial charge in [0.15, 0.2) is 0 Å². The molecule has 0 atom stereocenters. The van der Waals surface area contributed by atoms with Gasteiger partial charge in [-0.2, -0.15) is 5.48 Å². The maximum absolute atomic E-state index is 10.9. The van der Waals surface area contributed by atoms with Crippen LogP contribution in [0, 0.1) is 0 Å². The lowest BCUT2D eigenvalue weighted by Gasteiger charge is -2.19. The zero-order chi connectivity index (χ0) is 12.2. The van der Waals surface area contributed by atoms with Gasteiger partial charge in [-0.05, 0) is 32.2 Å². The molecule has 0 radical (unpaired) electrons. The van der Waals surface area contributed by atoms with Gasteiger partial charge in [-0.15, -0.1) is 11.3 Å². The van der Waals surface area contributed by atoms with E-state index in [4.69, 9.17) is 4.84 Å². The van der Waals surface area contributed by atoms with Crippen LogP contribution in [0.25, 0.3) is 0 Å². The minimum atomic E-state index is -0.217. The van der Waals surface area contributed by atoms with Crippen molar-refractivity contribution in [2.75, 3.05) is 5.32 Å². The topological polar surface area (TPSA) is 50.4 Å². The number of carbonyl (C=O) groups excluding carboxylic acids is 1. The van der Waals surface area contributed by atoms with E-state index in [0.717, 1.165) is 10.6 Å². The fraction of sp³-hybridized carbons (Fsp3) is 0.545. The minimum absolute atomic E-state index is 0.0589. The number of rotatable bonds is 4. The van der Waals surface area contributed by atoms with Crippen molar-refractivity contribution in [2.24, 2.45) is 0 Å². The first-order valence-electron chi connectivity index (χ1n) is 5.13. The third kappa shape index (κ3) is 4.74. The third-order valence-corrected chi connectivity index (χ3v) is 2.59. The zero-order valence-corrected chi connectivity index (χ0v) is 10.9. The highest BCUT2D eigenvalue weighted by atomic mass is 32.1. The second kappa shape index (κ2) is 5.43. The van der Waals surface area contributed by atoms with Gasteiger partial charge in [-0.25, -0.2) is 0 Å². The number of anilines is 1. The molecule has 90 valence electrons. The number of hydrogen-bond acceptors (Lipinski definition) is 4. The Morgan fingerprint density at radius 3 is 2.75 bits per heavy atom. The van der Waals surface area contributed by atoms with Crippen LogP contribution in [0.2, 0.25) is 0 Å². The predicted molar refractivity (Wildman–Crippen MR) is 66.3 cm³/mol. The van der Waals surface area contributed by atoms with Crippen LogP contribution in [0.1, 0.15) is 32.6 Å². The molecule has 0 aliphatic carbocycles. The number of hydroxylamine groups is 1. The summed E-state index contributed by atoms with van der Waals surface area (Å²) in [5.41, 5.74) is 3.53. The molecule has 0 aromatic carbocycles. The molecule has 1 rings (SSSR count). The second-order valence-electron chi connectivity index (χ2n) is 4.47. The molecule has 1 amide bonds. The maximum Gasteiger partial charge on any atom is 0.221 e. The van der Waals surface area contributed by atoms with Gasteiger partial charge in [0, 0.05) is 11.8 Å². The van der Waals surface area contributed by atoms with Crippen molar-refractivity contribution in [3.8, 4) is 0 Å². The summed E-state index contributed by atoms with van der Waals surface area (Å²) in [6.45, 7) is 8.01. The summed E-state index contributed by atoms with van der Waals surface area (Å²) >= 11 is 1.58. The molecule has 0 bridgehead atoms. The molecular weight excluding hydrogens is 224 g/mol. The quantitative estimate of drug-likeness (QED) is 0.798. The average molecular weight is 242 g/mol. The molecule has 4 nitrogen and oxygen atoms in total. The van der Waals surface area contributed by atoms with Crippen LogP contribution in [0.5, 0.6) is 0 Å². The lowest BCUT2D eigenvalue weighted by Crippen LogP contribution is -2.28. The van der Waals surface area contributed by atoms with E-state index in [1.807, 2.05) is 32.2 Å². The van der Waals surface area contributed by atoms with Gasteiger partial charge in [0.1, 0.15) is 0 Å². The summed E-state index contributed by atoms with van der Waals surface area (Å²) in [5, 5.41) is 4.72. The lowest BCUT2D eigenvalue weighted by atomic mass is 10.2. The highest BCUT2D eigenvalue weighted by Gasteiger charge is 2.11. The zero-order valence-electron chi connectivity index (χ0n) is 10.1. The van der Waals surface area contributed by atoms with Crippen LogP contribution in [0.15, 0.2) is 11.4 Å². The van der Waals surface area contributed by atoms with Crippen molar-refractivity contribution in [3.63, 3.8) is 0 Å². The van der Waals surface area contributed by atoms with Crippen molar-refractivity contribution in [1.82, 2.24) is 5.48 Å². The molecule has 1 aromatic heterocycles. The Kier molecular flexibility index (Phi) is 4.46. The van der Waals surface area contributed by atoms with Crippen LogP contribution >= 0.6 is 11.3 Å². The van der Waals surface area contributed by atoms with Crippen molar-refractivity contribution in [1.29, 1.82) is 0 Å². The van der Waals surface area contributed by atoms with Crippen LogP contribution in [-0.2, 0) is 16.2 Å². The first-order valence-corrected chi connectivity index (χ1v) is 6.01. The smallest absolute Gasteiger partial charge is 0.221 e. The van der Waals surface area contributed by atoms with E-state index in [2.05, 4.69) is 10.8 Å². The SMILES string of the molecule is CC(=O)Nc1ccsc1CNOC(C)(C)C. The lowest BCUT2D eigenvalue weighted by molar-refractivity contribution is -0.114. The molecule has 1 aromatic rings. The largest absolute Gasteiger partial charge is 0.325 e. The van der Waals surface area contributed by atoms with Crippen molar-refractivity contribution in [3.05, 3.63) is 16.3 Å². The Balaban J connectivity index is 2.48. The molecule has 0 unspecified atom stereocenters. The molecule has 5 heteroatoms. The molecule has 0 fully saturated rings. The van der Waals surface area contributed by atoms with Gasteiger partial charge in [0.2, 0.25) is 5.91 Å². The monoisotopic (exact) mass is 242 g/mol. The molecule has 1 heterocycles. The second-order valence-corrected chi connectivity index (χ2v) is 5.47. The molecule has 0 saturated carbocycles. The Hall–Kier alpha value is -0.910. The number of amides is 1. The molecule has 0 spiro atoms. The Morgan fingerprint density at radius 2 is 2.19 bits per heavy atom. The summed E-state index contributed by atoms with van der Waals surface area (Å²) in [6.07, 6.45) is 0. The van der Waals surface area contributed by atoms with Crippen LogP contribution in [0.4, 0.5) is 5.69 Å². The number of carbonyl (C=O) groups is 1. The standard InChI is InChI=1S/C11H18N2O2S/c1-8(14)13-9-5-6-16-10(9)7-12-15-11(2,3)4/h5-6,12H,7H2,1-4H3,(H,13,14).